The lowest BCUT2D eigenvalue weighted by molar-refractivity contribution is 0.220. The number of rotatable bonds is 6. The Morgan fingerprint density at radius 1 is 1.60 bits per heavy atom. The summed E-state index contributed by atoms with van der Waals surface area (Å²) in [5.41, 5.74) is 6.33. The van der Waals surface area contributed by atoms with Crippen LogP contribution in [0.5, 0.6) is 0 Å². The van der Waals surface area contributed by atoms with Crippen molar-refractivity contribution in [1.82, 2.24) is 15.2 Å². The summed E-state index contributed by atoms with van der Waals surface area (Å²) in [5, 5.41) is 10.3. The van der Waals surface area contributed by atoms with Gasteiger partial charge in [-0.25, -0.2) is 4.79 Å². The largest absolute Gasteiger partial charge is 0.370 e. The number of nitrogens with one attached hydrogen (secondary N) is 2. The van der Waals surface area contributed by atoms with Crippen molar-refractivity contribution in [3.63, 3.8) is 0 Å². The van der Waals surface area contributed by atoms with Gasteiger partial charge in [0, 0.05) is 35.3 Å². The third-order valence-electron chi connectivity index (χ3n) is 2.67. The zero-order valence-electron chi connectivity index (χ0n) is 11.5. The van der Waals surface area contributed by atoms with Crippen LogP contribution in [-0.2, 0) is 6.42 Å². The van der Waals surface area contributed by atoms with Gasteiger partial charge in [-0.3, -0.25) is 15.3 Å². The van der Waals surface area contributed by atoms with E-state index >= 15 is 0 Å². The van der Waals surface area contributed by atoms with Crippen LogP contribution in [0.1, 0.15) is 19.0 Å². The maximum Gasteiger partial charge on any atom is 0.324 e. The highest BCUT2D eigenvalue weighted by molar-refractivity contribution is 14.1. The highest BCUT2D eigenvalue weighted by atomic mass is 127. The first-order chi connectivity index (χ1) is 9.50. The minimum atomic E-state index is -0.328. The molecule has 0 aliphatic heterocycles. The highest BCUT2D eigenvalue weighted by Crippen LogP contribution is 2.03. The molecule has 1 aromatic heterocycles. The zero-order chi connectivity index (χ0) is 15.0. The van der Waals surface area contributed by atoms with Crippen LogP contribution < -0.4 is 11.1 Å². The number of hydrogen-bond acceptors (Lipinski definition) is 3. The fourth-order valence-corrected chi connectivity index (χ4v) is 1.89. The number of guanidine groups is 1. The molecule has 0 aromatic carbocycles. The van der Waals surface area contributed by atoms with Crippen molar-refractivity contribution in [2.75, 3.05) is 13.1 Å². The van der Waals surface area contributed by atoms with E-state index in [0.717, 1.165) is 12.1 Å². The van der Waals surface area contributed by atoms with Gasteiger partial charge < -0.3 is 11.1 Å². The first-order valence-corrected chi connectivity index (χ1v) is 7.68. The third-order valence-corrected chi connectivity index (χ3v) is 3.29. The summed E-state index contributed by atoms with van der Waals surface area (Å²) >= 11 is 2.30. The summed E-state index contributed by atoms with van der Waals surface area (Å²) in [4.78, 5) is 17.4. The van der Waals surface area contributed by atoms with Crippen LogP contribution in [0.15, 0.2) is 24.4 Å². The SMILES string of the molecule is CC(I)CCNC(=O)N(CCc1ccccn1)C(=N)N. The van der Waals surface area contributed by atoms with Gasteiger partial charge in [0.25, 0.3) is 0 Å². The molecule has 0 radical (unpaired) electrons. The van der Waals surface area contributed by atoms with Crippen molar-refractivity contribution < 1.29 is 4.79 Å². The molecule has 0 bridgehead atoms. The van der Waals surface area contributed by atoms with Gasteiger partial charge in [0.2, 0.25) is 0 Å². The summed E-state index contributed by atoms with van der Waals surface area (Å²) in [6, 6.07) is 5.28. The Hall–Kier alpha value is -1.38. The second-order valence-electron chi connectivity index (χ2n) is 4.41. The molecule has 0 spiro atoms. The van der Waals surface area contributed by atoms with Gasteiger partial charge in [-0.2, -0.15) is 0 Å². The number of alkyl halides is 1. The molecule has 0 saturated heterocycles. The molecule has 2 amide bonds. The number of aromatic nitrogens is 1. The average molecular weight is 389 g/mol. The van der Waals surface area contributed by atoms with Gasteiger partial charge in [-0.1, -0.05) is 35.6 Å². The Kier molecular flexibility index (Phi) is 7.27. The molecular weight excluding hydrogens is 369 g/mol. The average Bonchev–Trinajstić information content (AvgIpc) is 2.39. The number of halogens is 1. The Morgan fingerprint density at radius 2 is 2.35 bits per heavy atom. The smallest absolute Gasteiger partial charge is 0.324 e. The van der Waals surface area contributed by atoms with Crippen molar-refractivity contribution in [2.24, 2.45) is 5.73 Å². The first kappa shape index (κ1) is 16.7. The molecule has 1 heterocycles. The fraction of sp³-hybridized carbons (Fsp3) is 0.462. The van der Waals surface area contributed by atoms with E-state index in [4.69, 9.17) is 11.1 Å². The molecule has 1 aromatic rings. The second kappa shape index (κ2) is 8.72. The molecule has 20 heavy (non-hydrogen) atoms. The molecule has 1 unspecified atom stereocenters. The molecule has 110 valence electrons. The van der Waals surface area contributed by atoms with Gasteiger partial charge in [0.05, 0.1) is 0 Å². The van der Waals surface area contributed by atoms with Crippen LogP contribution in [0.2, 0.25) is 0 Å². The number of nitrogens with two attached hydrogens (primary N) is 1. The van der Waals surface area contributed by atoms with E-state index in [-0.39, 0.29) is 12.0 Å². The summed E-state index contributed by atoms with van der Waals surface area (Å²) < 4.78 is 0.493. The maximum atomic E-state index is 12.0. The summed E-state index contributed by atoms with van der Waals surface area (Å²) in [5.74, 6) is -0.249. The molecule has 7 heteroatoms. The number of amides is 2. The van der Waals surface area contributed by atoms with Crippen LogP contribution in [0, 0.1) is 5.41 Å². The van der Waals surface area contributed by atoms with Gasteiger partial charge in [0.1, 0.15) is 0 Å². The van der Waals surface area contributed by atoms with Crippen LogP contribution in [0.25, 0.3) is 0 Å². The zero-order valence-corrected chi connectivity index (χ0v) is 13.6. The molecule has 0 aliphatic carbocycles. The number of carbonyl (C=O) groups excluding carboxylic acids is 1. The second-order valence-corrected chi connectivity index (χ2v) is 6.54. The van der Waals surface area contributed by atoms with E-state index in [9.17, 15) is 4.79 Å². The summed E-state index contributed by atoms with van der Waals surface area (Å²) in [6.45, 7) is 3.00. The topological polar surface area (TPSA) is 95.1 Å². The van der Waals surface area contributed by atoms with Gasteiger partial charge in [-0.15, -0.1) is 0 Å². The van der Waals surface area contributed by atoms with Crippen LogP contribution in [0.4, 0.5) is 4.79 Å². The molecule has 6 nitrogen and oxygen atoms in total. The third kappa shape index (κ3) is 6.18. The molecule has 1 atom stereocenters. The number of hydrogen-bond donors (Lipinski definition) is 3. The molecule has 0 saturated carbocycles. The van der Waals surface area contributed by atoms with E-state index < -0.39 is 0 Å². The van der Waals surface area contributed by atoms with Gasteiger partial charge >= 0.3 is 6.03 Å². The van der Waals surface area contributed by atoms with Crippen molar-refractivity contribution in [3.05, 3.63) is 30.1 Å². The lowest BCUT2D eigenvalue weighted by Gasteiger charge is -2.21. The number of nitrogens with zero attached hydrogens (tertiary/aromatic N) is 2. The molecule has 4 N–H and O–H groups in total. The Bertz CT molecular complexity index is 438. The van der Waals surface area contributed by atoms with Crippen LogP contribution in [0.3, 0.4) is 0 Å². The lowest BCUT2D eigenvalue weighted by Crippen LogP contribution is -2.48. The standard InChI is InChI=1S/C13H20IN5O/c1-10(14)5-8-18-13(20)19(12(15)16)9-6-11-4-2-3-7-17-11/h2-4,7,10H,5-6,8-9H2,1H3,(H3,15,16)(H,18,20). The number of carbonyl (C=O) groups is 1. The number of pyridine rings is 1. The normalized spacial score (nSPS) is 11.7. The van der Waals surface area contributed by atoms with Gasteiger partial charge in [-0.05, 0) is 18.6 Å². The summed E-state index contributed by atoms with van der Waals surface area (Å²) in [7, 11) is 0. The Balaban J connectivity index is 2.47. The Morgan fingerprint density at radius 3 is 2.90 bits per heavy atom. The predicted molar refractivity (Wildman–Crippen MR) is 88.1 cm³/mol. The van der Waals surface area contributed by atoms with Gasteiger partial charge in [0.15, 0.2) is 5.96 Å². The molecule has 1 rings (SSSR count). The van der Waals surface area contributed by atoms with E-state index in [1.165, 1.54) is 4.90 Å². The lowest BCUT2D eigenvalue weighted by atomic mass is 10.2. The van der Waals surface area contributed by atoms with Crippen molar-refractivity contribution >= 4 is 34.6 Å². The Labute approximate surface area is 132 Å². The number of urea groups is 1. The van der Waals surface area contributed by atoms with Crippen molar-refractivity contribution in [3.8, 4) is 0 Å². The first-order valence-electron chi connectivity index (χ1n) is 6.44. The molecule has 0 aliphatic rings. The van der Waals surface area contributed by atoms with Crippen molar-refractivity contribution in [2.45, 2.75) is 23.7 Å². The predicted octanol–water partition coefficient (Wildman–Crippen LogP) is 1.74. The molecular formula is C13H20IN5O. The van der Waals surface area contributed by atoms with Crippen LogP contribution >= 0.6 is 22.6 Å². The quantitative estimate of drug-likeness (QED) is 0.299. The monoisotopic (exact) mass is 389 g/mol. The van der Waals surface area contributed by atoms with Crippen LogP contribution in [-0.4, -0.2) is 38.9 Å². The fourth-order valence-electron chi connectivity index (χ4n) is 1.58. The minimum Gasteiger partial charge on any atom is -0.370 e. The van der Waals surface area contributed by atoms with E-state index in [2.05, 4.69) is 39.8 Å². The van der Waals surface area contributed by atoms with Crippen molar-refractivity contribution in [1.29, 1.82) is 5.41 Å². The van der Waals surface area contributed by atoms with E-state index in [0.29, 0.717) is 23.4 Å². The highest BCUT2D eigenvalue weighted by Gasteiger charge is 2.16. The van der Waals surface area contributed by atoms with E-state index in [1.807, 2.05) is 18.2 Å². The van der Waals surface area contributed by atoms with E-state index in [1.54, 1.807) is 6.20 Å². The minimum absolute atomic E-state index is 0.249. The summed E-state index contributed by atoms with van der Waals surface area (Å²) in [6.07, 6.45) is 3.16. The maximum absolute atomic E-state index is 12.0. The molecule has 0 fully saturated rings.